The molecule has 3 rings (SSSR count). The number of anilines is 1. The van der Waals surface area contributed by atoms with E-state index in [1.165, 1.54) is 0 Å². The lowest BCUT2D eigenvalue weighted by Crippen LogP contribution is -2.33. The number of unbranched alkanes of at least 4 members (excludes halogenated alkanes) is 1. The van der Waals surface area contributed by atoms with Crippen LogP contribution < -0.4 is 14.4 Å². The zero-order valence-electron chi connectivity index (χ0n) is 14.9. The van der Waals surface area contributed by atoms with Gasteiger partial charge in [0.25, 0.3) is 0 Å². The summed E-state index contributed by atoms with van der Waals surface area (Å²) in [6, 6.07) is 13.7. The van der Waals surface area contributed by atoms with Crippen molar-refractivity contribution in [3.05, 3.63) is 48.0 Å². The highest BCUT2D eigenvalue weighted by Crippen LogP contribution is 2.48. The minimum absolute atomic E-state index is 0.0547. The van der Waals surface area contributed by atoms with Gasteiger partial charge in [-0.25, -0.2) is 0 Å². The molecule has 0 fully saturated rings. The summed E-state index contributed by atoms with van der Waals surface area (Å²) in [6.45, 7) is 0.653. The Bertz CT molecular complexity index is 783. The molecule has 2 aromatic rings. The number of carbonyl (C=O) groups is 1. The van der Waals surface area contributed by atoms with E-state index in [0.29, 0.717) is 6.61 Å². The number of amides is 1. The van der Waals surface area contributed by atoms with Crippen LogP contribution in [-0.4, -0.2) is 31.1 Å². The Morgan fingerprint density at radius 3 is 2.77 bits per heavy atom. The summed E-state index contributed by atoms with van der Waals surface area (Å²) in [5.41, 5.74) is 1.82. The van der Waals surface area contributed by atoms with Crippen LogP contribution in [-0.2, 0) is 4.79 Å². The molecule has 0 radical (unpaired) electrons. The molecule has 0 aromatic heterocycles. The maximum atomic E-state index is 13.0. The minimum atomic E-state index is -0.343. The minimum Gasteiger partial charge on any atom is -0.497 e. The number of thioether (sulfide) groups is 1. The number of hydrogen-bond donors (Lipinski definition) is 0. The Morgan fingerprint density at radius 2 is 2.00 bits per heavy atom. The van der Waals surface area contributed by atoms with Crippen molar-refractivity contribution in [2.75, 3.05) is 30.1 Å². The van der Waals surface area contributed by atoms with Gasteiger partial charge in [0.2, 0.25) is 5.91 Å². The third kappa shape index (κ3) is 4.11. The van der Waals surface area contributed by atoms with Crippen molar-refractivity contribution in [3.63, 3.8) is 0 Å². The number of ether oxygens (including phenoxy) is 2. The third-order valence-electron chi connectivity index (χ3n) is 4.31. The van der Waals surface area contributed by atoms with E-state index in [2.05, 4.69) is 28.7 Å². The van der Waals surface area contributed by atoms with Crippen molar-refractivity contribution in [1.29, 1.82) is 0 Å². The second-order valence-electron chi connectivity index (χ2n) is 6.01. The molecule has 138 valence electrons. The SMILES string of the molecule is COc1ccc(OCCCCI)c([C@@H]2Sc3ccccc3N(C)C2=O)c1. The van der Waals surface area contributed by atoms with Gasteiger partial charge in [0.1, 0.15) is 16.7 Å². The van der Waals surface area contributed by atoms with Crippen molar-refractivity contribution in [2.24, 2.45) is 0 Å². The molecule has 0 aliphatic carbocycles. The highest BCUT2D eigenvalue weighted by atomic mass is 127. The highest BCUT2D eigenvalue weighted by Gasteiger charge is 2.34. The summed E-state index contributed by atoms with van der Waals surface area (Å²) in [7, 11) is 3.46. The molecule has 0 saturated heterocycles. The van der Waals surface area contributed by atoms with Gasteiger partial charge in [0.15, 0.2) is 0 Å². The number of methoxy groups -OCH3 is 1. The predicted molar refractivity (Wildman–Crippen MR) is 115 cm³/mol. The monoisotopic (exact) mass is 483 g/mol. The van der Waals surface area contributed by atoms with Crippen LogP contribution in [0, 0.1) is 0 Å². The van der Waals surface area contributed by atoms with E-state index in [1.54, 1.807) is 23.8 Å². The van der Waals surface area contributed by atoms with Crippen LogP contribution in [0.2, 0.25) is 0 Å². The first kappa shape index (κ1) is 19.4. The van der Waals surface area contributed by atoms with Crippen LogP contribution in [0.4, 0.5) is 5.69 Å². The summed E-state index contributed by atoms with van der Waals surface area (Å²) in [4.78, 5) is 15.9. The van der Waals surface area contributed by atoms with Crippen molar-refractivity contribution in [3.8, 4) is 11.5 Å². The fourth-order valence-electron chi connectivity index (χ4n) is 2.87. The maximum absolute atomic E-state index is 13.0. The van der Waals surface area contributed by atoms with E-state index in [0.717, 1.165) is 44.9 Å². The zero-order chi connectivity index (χ0) is 18.5. The van der Waals surface area contributed by atoms with E-state index in [9.17, 15) is 4.79 Å². The van der Waals surface area contributed by atoms with Gasteiger partial charge in [-0.15, -0.1) is 11.8 Å². The molecular weight excluding hydrogens is 461 g/mol. The lowest BCUT2D eigenvalue weighted by atomic mass is 10.1. The Kier molecular flexibility index (Phi) is 6.69. The van der Waals surface area contributed by atoms with Gasteiger partial charge < -0.3 is 14.4 Å². The van der Waals surface area contributed by atoms with Crippen molar-refractivity contribution >= 4 is 45.9 Å². The number of hydrogen-bond acceptors (Lipinski definition) is 4. The molecular formula is C20H22INO3S. The molecule has 26 heavy (non-hydrogen) atoms. The average molecular weight is 483 g/mol. The molecule has 0 unspecified atom stereocenters. The third-order valence-corrected chi connectivity index (χ3v) is 6.36. The number of likely N-dealkylation sites (N-methyl/N-ethyl adjacent to an activating group) is 1. The van der Waals surface area contributed by atoms with Gasteiger partial charge >= 0.3 is 0 Å². The largest absolute Gasteiger partial charge is 0.497 e. The molecule has 6 heteroatoms. The van der Waals surface area contributed by atoms with Gasteiger partial charge in [-0.1, -0.05) is 34.7 Å². The highest BCUT2D eigenvalue weighted by molar-refractivity contribution is 14.1. The van der Waals surface area contributed by atoms with Crippen LogP contribution >= 0.6 is 34.4 Å². The van der Waals surface area contributed by atoms with E-state index in [-0.39, 0.29) is 11.2 Å². The Morgan fingerprint density at radius 1 is 1.19 bits per heavy atom. The lowest BCUT2D eigenvalue weighted by molar-refractivity contribution is -0.118. The molecule has 2 aromatic carbocycles. The number of carbonyl (C=O) groups excluding carboxylic acids is 1. The van der Waals surface area contributed by atoms with Crippen LogP contribution in [0.25, 0.3) is 0 Å². The molecule has 1 aliphatic rings. The first-order valence-electron chi connectivity index (χ1n) is 8.55. The molecule has 1 atom stereocenters. The Balaban J connectivity index is 1.92. The van der Waals surface area contributed by atoms with Crippen molar-refractivity contribution < 1.29 is 14.3 Å². The first-order valence-corrected chi connectivity index (χ1v) is 11.0. The van der Waals surface area contributed by atoms with Crippen molar-refractivity contribution in [1.82, 2.24) is 0 Å². The number of halogens is 1. The average Bonchev–Trinajstić information content (AvgIpc) is 2.68. The number of fused-ring (bicyclic) bond motifs is 1. The number of para-hydroxylation sites is 1. The van der Waals surface area contributed by atoms with E-state index < -0.39 is 0 Å². The van der Waals surface area contributed by atoms with Gasteiger partial charge in [-0.2, -0.15) is 0 Å². The molecule has 0 bridgehead atoms. The number of benzene rings is 2. The Labute approximate surface area is 172 Å². The fourth-order valence-corrected chi connectivity index (χ4v) is 4.72. The topological polar surface area (TPSA) is 38.8 Å². The van der Waals surface area contributed by atoms with Crippen molar-refractivity contribution in [2.45, 2.75) is 23.0 Å². The van der Waals surface area contributed by atoms with Gasteiger partial charge in [0.05, 0.1) is 19.4 Å². The smallest absolute Gasteiger partial charge is 0.244 e. The standard InChI is InChI=1S/C20H22INO3S/c1-22-16-7-3-4-8-18(16)26-19(20(22)23)15-13-14(24-2)9-10-17(15)25-12-6-5-11-21/h3-4,7-10,13,19H,5-6,11-12H2,1-2H3/t19-/m0/s1. The van der Waals surface area contributed by atoms with Gasteiger partial charge in [-0.05, 0) is 47.6 Å². The second kappa shape index (κ2) is 8.99. The summed E-state index contributed by atoms with van der Waals surface area (Å²) < 4.78 is 12.5. The molecule has 0 N–H and O–H groups in total. The van der Waals surface area contributed by atoms with Gasteiger partial charge in [0, 0.05) is 17.5 Å². The molecule has 0 spiro atoms. The summed E-state index contributed by atoms with van der Waals surface area (Å²) in [6.07, 6.45) is 2.13. The van der Waals surface area contributed by atoms with Crippen LogP contribution in [0.3, 0.4) is 0 Å². The molecule has 4 nitrogen and oxygen atoms in total. The fraction of sp³-hybridized carbons (Fsp3) is 0.350. The van der Waals surface area contributed by atoms with Crippen LogP contribution in [0.1, 0.15) is 23.7 Å². The van der Waals surface area contributed by atoms with Gasteiger partial charge in [-0.3, -0.25) is 4.79 Å². The lowest BCUT2D eigenvalue weighted by Gasteiger charge is -2.32. The van der Waals surface area contributed by atoms with Crippen LogP contribution in [0.5, 0.6) is 11.5 Å². The van der Waals surface area contributed by atoms with Crippen LogP contribution in [0.15, 0.2) is 47.4 Å². The quantitative estimate of drug-likeness (QED) is 0.312. The molecule has 1 amide bonds. The normalized spacial score (nSPS) is 16.3. The molecule has 1 heterocycles. The predicted octanol–water partition coefficient (Wildman–Crippen LogP) is 5.10. The number of nitrogens with zero attached hydrogens (tertiary/aromatic N) is 1. The number of rotatable bonds is 7. The zero-order valence-corrected chi connectivity index (χ0v) is 17.9. The van der Waals surface area contributed by atoms with E-state index >= 15 is 0 Å². The summed E-state index contributed by atoms with van der Waals surface area (Å²) in [5, 5.41) is -0.343. The van der Waals surface area contributed by atoms with E-state index in [1.807, 2.05) is 43.4 Å². The first-order chi connectivity index (χ1) is 12.7. The number of alkyl halides is 1. The maximum Gasteiger partial charge on any atom is 0.244 e. The second-order valence-corrected chi connectivity index (χ2v) is 8.24. The summed E-state index contributed by atoms with van der Waals surface area (Å²) in [5.74, 6) is 1.55. The molecule has 0 saturated carbocycles. The molecule has 1 aliphatic heterocycles. The Hall–Kier alpha value is -1.41. The van der Waals surface area contributed by atoms with E-state index in [4.69, 9.17) is 9.47 Å². The summed E-state index contributed by atoms with van der Waals surface area (Å²) >= 11 is 3.94.